The summed E-state index contributed by atoms with van der Waals surface area (Å²) in [6.07, 6.45) is 1.23. The van der Waals surface area contributed by atoms with E-state index < -0.39 is 23.3 Å². The number of amides is 4. The topological polar surface area (TPSA) is 84.1 Å². The van der Waals surface area contributed by atoms with Crippen LogP contribution in [0.25, 0.3) is 10.8 Å². The van der Waals surface area contributed by atoms with Crippen LogP contribution in [-0.4, -0.2) is 65.9 Å². The lowest BCUT2D eigenvalue weighted by molar-refractivity contribution is -0.915. The van der Waals surface area contributed by atoms with Crippen LogP contribution in [0.5, 0.6) is 0 Å². The Labute approximate surface area is 215 Å². The minimum atomic E-state index is -1.39. The van der Waals surface area contributed by atoms with Crippen molar-refractivity contribution >= 4 is 28.6 Å². The first-order chi connectivity index (χ1) is 17.8. The molecular weight excluding hydrogens is 468 g/mol. The third-order valence-electron chi connectivity index (χ3n) is 8.60. The molecule has 0 radical (unpaired) electrons. The second kappa shape index (κ2) is 8.66. The van der Waals surface area contributed by atoms with E-state index in [2.05, 4.69) is 0 Å². The van der Waals surface area contributed by atoms with Crippen molar-refractivity contribution in [1.29, 1.82) is 0 Å². The Morgan fingerprint density at radius 2 is 1.57 bits per heavy atom. The standard InChI is InChI=1S/C29H30N4O4/c1-30-26(35)29(27(36)31(2)28(30)37,14-21-9-5-8-20-7-3-4-10-23(20)21)18-32-15-19-13-22(17-32)24-11-6-12-25(34)33(24)16-19/h3-12,19,22H,13-18H2,1-2H3/p+1/t19-,22-/m1/s1. The average molecular weight is 500 g/mol. The van der Waals surface area contributed by atoms with E-state index in [9.17, 15) is 19.2 Å². The number of hydrogen-bond donors (Lipinski definition) is 1. The van der Waals surface area contributed by atoms with Gasteiger partial charge in [-0.15, -0.1) is 0 Å². The Bertz CT molecular complexity index is 1470. The number of imide groups is 2. The fourth-order valence-corrected chi connectivity index (χ4v) is 6.96. The zero-order valence-electron chi connectivity index (χ0n) is 21.1. The van der Waals surface area contributed by atoms with Gasteiger partial charge in [0.2, 0.25) is 0 Å². The molecule has 3 aliphatic rings. The number of hydrogen-bond acceptors (Lipinski definition) is 4. The Balaban J connectivity index is 1.40. The van der Waals surface area contributed by atoms with Crippen LogP contribution in [0.2, 0.25) is 0 Å². The molecule has 0 spiro atoms. The maximum Gasteiger partial charge on any atom is 0.332 e. The minimum Gasteiger partial charge on any atom is -0.333 e. The van der Waals surface area contributed by atoms with Crippen molar-refractivity contribution in [2.75, 3.05) is 33.7 Å². The largest absolute Gasteiger partial charge is 0.333 e. The van der Waals surface area contributed by atoms with Gasteiger partial charge in [0.1, 0.15) is 6.54 Å². The highest BCUT2D eigenvalue weighted by Crippen LogP contribution is 2.35. The van der Waals surface area contributed by atoms with Crippen LogP contribution < -0.4 is 10.5 Å². The molecule has 2 saturated heterocycles. The first-order valence-electron chi connectivity index (χ1n) is 12.9. The lowest BCUT2D eigenvalue weighted by atomic mass is 9.74. The van der Waals surface area contributed by atoms with E-state index in [-0.39, 0.29) is 17.9 Å². The van der Waals surface area contributed by atoms with E-state index in [0.29, 0.717) is 19.0 Å². The van der Waals surface area contributed by atoms with Crippen LogP contribution in [0.1, 0.15) is 23.6 Å². The maximum atomic E-state index is 13.9. The summed E-state index contributed by atoms with van der Waals surface area (Å²) in [5.74, 6) is -0.388. The van der Waals surface area contributed by atoms with Crippen LogP contribution in [0, 0.1) is 11.3 Å². The van der Waals surface area contributed by atoms with E-state index >= 15 is 0 Å². The highest BCUT2D eigenvalue weighted by molar-refractivity contribution is 6.19. The van der Waals surface area contributed by atoms with E-state index in [1.807, 2.05) is 59.2 Å². The zero-order chi connectivity index (χ0) is 25.9. The van der Waals surface area contributed by atoms with Gasteiger partial charge in [0.15, 0.2) is 5.41 Å². The highest BCUT2D eigenvalue weighted by atomic mass is 16.2. The number of fused-ring (bicyclic) bond motifs is 5. The zero-order valence-corrected chi connectivity index (χ0v) is 21.1. The molecule has 1 unspecified atom stereocenters. The van der Waals surface area contributed by atoms with E-state index in [1.165, 1.54) is 19.0 Å². The number of rotatable bonds is 4. The molecular formula is C29H31N4O4+. The molecule has 1 N–H and O–H groups in total. The molecule has 0 saturated carbocycles. The van der Waals surface area contributed by atoms with Gasteiger partial charge >= 0.3 is 6.03 Å². The predicted octanol–water partition coefficient (Wildman–Crippen LogP) is 1.28. The first kappa shape index (κ1) is 23.6. The van der Waals surface area contributed by atoms with Crippen molar-refractivity contribution in [2.45, 2.75) is 25.3 Å². The lowest BCUT2D eigenvalue weighted by Gasteiger charge is -2.46. The number of carbonyl (C=O) groups excluding carboxylic acids is 3. The summed E-state index contributed by atoms with van der Waals surface area (Å²) in [6, 6.07) is 18.8. The van der Waals surface area contributed by atoms with Gasteiger partial charge in [-0.2, -0.15) is 0 Å². The Kier molecular flexibility index (Phi) is 5.53. The van der Waals surface area contributed by atoms with Crippen LogP contribution in [-0.2, 0) is 22.6 Å². The number of barbiturate groups is 1. The molecule has 2 fully saturated rings. The highest BCUT2D eigenvalue weighted by Gasteiger charge is 2.58. The van der Waals surface area contributed by atoms with Crippen LogP contribution in [0.4, 0.5) is 4.79 Å². The molecule has 6 rings (SSSR count). The number of aromatic nitrogens is 1. The quantitative estimate of drug-likeness (QED) is 0.549. The van der Waals surface area contributed by atoms with E-state index in [1.54, 1.807) is 6.07 Å². The van der Waals surface area contributed by atoms with Gasteiger partial charge in [0, 0.05) is 50.7 Å². The minimum absolute atomic E-state index is 0.0301. The summed E-state index contributed by atoms with van der Waals surface area (Å²) < 4.78 is 1.89. The second-order valence-electron chi connectivity index (χ2n) is 10.9. The lowest BCUT2D eigenvalue weighted by Crippen LogP contribution is -3.16. The molecule has 3 atom stereocenters. The van der Waals surface area contributed by atoms with Crippen LogP contribution in [0.3, 0.4) is 0 Å². The smallest absolute Gasteiger partial charge is 0.332 e. The van der Waals surface area contributed by atoms with Gasteiger partial charge in [-0.05, 0) is 28.8 Å². The van der Waals surface area contributed by atoms with Crippen LogP contribution >= 0.6 is 0 Å². The molecule has 37 heavy (non-hydrogen) atoms. The number of pyridine rings is 1. The number of nitrogens with one attached hydrogen (secondary N) is 1. The molecule has 4 heterocycles. The summed E-state index contributed by atoms with van der Waals surface area (Å²) in [5.41, 5.74) is 0.598. The summed E-state index contributed by atoms with van der Waals surface area (Å²) in [6.45, 7) is 2.47. The molecule has 3 aromatic rings. The summed E-state index contributed by atoms with van der Waals surface area (Å²) in [7, 11) is 2.93. The molecule has 8 heteroatoms. The van der Waals surface area contributed by atoms with Gasteiger partial charge < -0.3 is 9.47 Å². The Morgan fingerprint density at radius 3 is 2.35 bits per heavy atom. The Hall–Kier alpha value is -3.78. The molecule has 1 aromatic heterocycles. The number of urea groups is 1. The summed E-state index contributed by atoms with van der Waals surface area (Å²) >= 11 is 0. The van der Waals surface area contributed by atoms with Crippen molar-refractivity contribution in [1.82, 2.24) is 14.4 Å². The number of likely N-dealkylation sites (tertiary alicyclic amines) is 1. The SMILES string of the molecule is CN1C(=O)N(C)C(=O)C(Cc2cccc3ccccc23)(C[NH+]2C[C@H]3C[C@H](C2)c2cccc(=O)n2C3)C1=O. The van der Waals surface area contributed by atoms with Gasteiger partial charge in [-0.1, -0.05) is 48.5 Å². The van der Waals surface area contributed by atoms with Crippen molar-refractivity contribution in [3.63, 3.8) is 0 Å². The third kappa shape index (κ3) is 3.70. The molecule has 4 amide bonds. The fraction of sp³-hybridized carbons (Fsp3) is 0.379. The predicted molar refractivity (Wildman–Crippen MR) is 138 cm³/mol. The number of piperidine rings is 1. The van der Waals surface area contributed by atoms with Gasteiger partial charge in [-0.3, -0.25) is 24.2 Å². The maximum absolute atomic E-state index is 13.9. The normalized spacial score (nSPS) is 24.9. The monoisotopic (exact) mass is 499 g/mol. The van der Waals surface area contributed by atoms with Crippen molar-refractivity contribution < 1.29 is 19.3 Å². The van der Waals surface area contributed by atoms with Crippen molar-refractivity contribution in [3.8, 4) is 0 Å². The number of benzene rings is 2. The second-order valence-corrected chi connectivity index (χ2v) is 10.9. The molecule has 2 aromatic carbocycles. The first-order valence-corrected chi connectivity index (χ1v) is 12.9. The molecule has 190 valence electrons. The molecule has 2 bridgehead atoms. The van der Waals surface area contributed by atoms with Crippen molar-refractivity contribution in [2.24, 2.45) is 11.3 Å². The summed E-state index contributed by atoms with van der Waals surface area (Å²) in [5, 5.41) is 2.05. The average Bonchev–Trinajstić information content (AvgIpc) is 2.90. The van der Waals surface area contributed by atoms with E-state index in [4.69, 9.17) is 0 Å². The third-order valence-corrected chi connectivity index (χ3v) is 8.60. The number of carbonyl (C=O) groups is 3. The Morgan fingerprint density at radius 1 is 0.865 bits per heavy atom. The molecule has 0 aliphatic carbocycles. The van der Waals surface area contributed by atoms with Crippen LogP contribution in [0.15, 0.2) is 65.5 Å². The van der Waals surface area contributed by atoms with Gasteiger partial charge in [-0.25, -0.2) is 4.79 Å². The fourth-order valence-electron chi connectivity index (χ4n) is 6.96. The van der Waals surface area contributed by atoms with Gasteiger partial charge in [0.05, 0.1) is 13.1 Å². The number of nitrogens with zero attached hydrogens (tertiary/aromatic N) is 3. The number of quaternary nitrogens is 1. The van der Waals surface area contributed by atoms with Gasteiger partial charge in [0.25, 0.3) is 17.4 Å². The molecule has 8 nitrogen and oxygen atoms in total. The van der Waals surface area contributed by atoms with Crippen molar-refractivity contribution in [3.05, 3.63) is 82.3 Å². The summed E-state index contributed by atoms with van der Waals surface area (Å²) in [4.78, 5) is 56.4. The van der Waals surface area contributed by atoms with E-state index in [0.717, 1.165) is 51.3 Å². The molecule has 3 aliphatic heterocycles.